The number of anilines is 1. The summed E-state index contributed by atoms with van der Waals surface area (Å²) < 4.78 is 7.85. The molecule has 2 fully saturated rings. The van der Waals surface area contributed by atoms with Crippen LogP contribution in [0, 0.1) is 0 Å². The molecule has 1 aliphatic carbocycles. The minimum atomic E-state index is 0.00482. The smallest absolute Gasteiger partial charge is 0.246 e. The van der Waals surface area contributed by atoms with Crippen molar-refractivity contribution in [3.63, 3.8) is 0 Å². The molecule has 0 unspecified atom stereocenters. The summed E-state index contributed by atoms with van der Waals surface area (Å²) in [5, 5.41) is 9.19. The van der Waals surface area contributed by atoms with Crippen molar-refractivity contribution in [3.05, 3.63) is 73.1 Å². The fourth-order valence-corrected chi connectivity index (χ4v) is 5.53. The van der Waals surface area contributed by atoms with Crippen LogP contribution in [-0.2, 0) is 4.79 Å². The number of fused-ring (bicyclic) bond motifs is 1. The highest BCUT2D eigenvalue weighted by Gasteiger charge is 2.30. The van der Waals surface area contributed by atoms with Crippen molar-refractivity contribution >= 4 is 22.8 Å². The van der Waals surface area contributed by atoms with Crippen molar-refractivity contribution in [1.29, 1.82) is 0 Å². The van der Waals surface area contributed by atoms with Crippen LogP contribution in [0.15, 0.2) is 73.1 Å². The lowest BCUT2D eigenvalue weighted by molar-refractivity contribution is -0.125. The summed E-state index contributed by atoms with van der Waals surface area (Å²) in [6.45, 7) is 1.97. The average molecular weight is 524 g/mol. The summed E-state index contributed by atoms with van der Waals surface area (Å²) in [4.78, 5) is 23.5. The van der Waals surface area contributed by atoms with Gasteiger partial charge in [-0.3, -0.25) is 4.79 Å². The van der Waals surface area contributed by atoms with Gasteiger partial charge in [-0.25, -0.2) is 14.6 Å². The zero-order valence-corrected chi connectivity index (χ0v) is 21.9. The number of benzene rings is 2. The van der Waals surface area contributed by atoms with Crippen LogP contribution >= 0.6 is 0 Å². The molecule has 2 aliphatic rings. The van der Waals surface area contributed by atoms with Crippen molar-refractivity contribution < 1.29 is 9.53 Å². The van der Waals surface area contributed by atoms with Gasteiger partial charge in [0.1, 0.15) is 29.3 Å². The molecular weight excluding hydrogens is 490 g/mol. The van der Waals surface area contributed by atoms with E-state index < -0.39 is 0 Å². The number of ether oxygens (including phenoxy) is 1. The van der Waals surface area contributed by atoms with E-state index in [-0.39, 0.29) is 11.9 Å². The molecule has 4 aromatic rings. The second-order valence-electron chi connectivity index (χ2n) is 10.2. The molecule has 1 amide bonds. The Hall–Kier alpha value is -4.24. The van der Waals surface area contributed by atoms with Crippen LogP contribution in [0.25, 0.3) is 22.3 Å². The predicted molar refractivity (Wildman–Crippen MR) is 151 cm³/mol. The number of nitrogens with two attached hydrogens (primary N) is 1. The molecule has 1 atom stereocenters. The number of nitrogen functional groups attached to an aromatic ring is 1. The van der Waals surface area contributed by atoms with Gasteiger partial charge in [0.2, 0.25) is 5.91 Å². The predicted octanol–water partition coefficient (Wildman–Crippen LogP) is 4.73. The number of nitrogens with one attached hydrogen (secondary N) is 1. The van der Waals surface area contributed by atoms with Crippen LogP contribution in [0.1, 0.15) is 38.1 Å². The number of amides is 1. The Balaban J connectivity index is 1.18. The number of likely N-dealkylation sites (tertiary alicyclic amines) is 1. The monoisotopic (exact) mass is 523 g/mol. The van der Waals surface area contributed by atoms with Crippen LogP contribution in [0.4, 0.5) is 5.82 Å². The molecule has 1 saturated heterocycles. The summed E-state index contributed by atoms with van der Waals surface area (Å²) in [7, 11) is 0. The van der Waals surface area contributed by atoms with Crippen molar-refractivity contribution in [3.8, 4) is 22.8 Å². The Morgan fingerprint density at radius 1 is 1.03 bits per heavy atom. The minimum absolute atomic E-state index is 0.00482. The molecule has 39 heavy (non-hydrogen) atoms. The third-order valence-corrected chi connectivity index (χ3v) is 7.59. The van der Waals surface area contributed by atoms with E-state index in [0.717, 1.165) is 41.1 Å². The second-order valence-corrected chi connectivity index (χ2v) is 10.2. The number of hydrogen-bond donors (Lipinski definition) is 2. The fourth-order valence-electron chi connectivity index (χ4n) is 5.53. The zero-order chi connectivity index (χ0) is 26.6. The minimum Gasteiger partial charge on any atom is -0.457 e. The molecular formula is C30H33N7O2. The number of carbonyl (C=O) groups excluding carboxylic acids is 1. The van der Waals surface area contributed by atoms with Gasteiger partial charge in [0.25, 0.3) is 0 Å². The van der Waals surface area contributed by atoms with E-state index in [0.29, 0.717) is 30.6 Å². The van der Waals surface area contributed by atoms with Gasteiger partial charge in [0.15, 0.2) is 5.65 Å². The highest BCUT2D eigenvalue weighted by atomic mass is 16.5. The summed E-state index contributed by atoms with van der Waals surface area (Å²) >= 11 is 0. The molecule has 3 heterocycles. The van der Waals surface area contributed by atoms with Gasteiger partial charge in [-0.15, -0.1) is 0 Å². The summed E-state index contributed by atoms with van der Waals surface area (Å²) in [6, 6.07) is 18.0. The van der Waals surface area contributed by atoms with Gasteiger partial charge in [-0.05, 0) is 55.7 Å². The van der Waals surface area contributed by atoms with Gasteiger partial charge in [0.05, 0.1) is 11.4 Å². The number of hydrogen-bond acceptors (Lipinski definition) is 7. The molecule has 0 spiro atoms. The topological polar surface area (TPSA) is 111 Å². The Labute approximate surface area is 227 Å². The van der Waals surface area contributed by atoms with Crippen molar-refractivity contribution in [2.45, 2.75) is 44.2 Å². The lowest BCUT2D eigenvalue weighted by Gasteiger charge is -2.15. The first kappa shape index (κ1) is 25.1. The first-order valence-corrected chi connectivity index (χ1v) is 13.7. The number of nitrogens with zero attached hydrogens (tertiary/aromatic N) is 5. The van der Waals surface area contributed by atoms with Crippen LogP contribution in [0.5, 0.6) is 11.5 Å². The average Bonchev–Trinajstić information content (AvgIpc) is 3.73. The Morgan fingerprint density at radius 2 is 1.79 bits per heavy atom. The summed E-state index contributed by atoms with van der Waals surface area (Å²) in [5.74, 6) is 1.92. The van der Waals surface area contributed by atoms with E-state index in [4.69, 9.17) is 15.6 Å². The number of rotatable bonds is 8. The highest BCUT2D eigenvalue weighted by Crippen LogP contribution is 2.35. The van der Waals surface area contributed by atoms with Gasteiger partial charge in [0, 0.05) is 37.3 Å². The molecule has 9 heteroatoms. The Bertz CT molecular complexity index is 1460. The van der Waals surface area contributed by atoms with Crippen LogP contribution in [0.3, 0.4) is 0 Å². The second kappa shape index (κ2) is 11.2. The first-order chi connectivity index (χ1) is 19.2. The first-order valence-electron chi connectivity index (χ1n) is 13.7. The fraction of sp³-hybridized carbons (Fsp3) is 0.333. The molecule has 6 rings (SSSR count). The maximum Gasteiger partial charge on any atom is 0.246 e. The molecule has 1 saturated carbocycles. The van der Waals surface area contributed by atoms with Crippen molar-refractivity contribution in [1.82, 2.24) is 30.0 Å². The largest absolute Gasteiger partial charge is 0.457 e. The van der Waals surface area contributed by atoms with E-state index >= 15 is 0 Å². The normalized spacial score (nSPS) is 17.9. The van der Waals surface area contributed by atoms with Gasteiger partial charge < -0.3 is 20.7 Å². The van der Waals surface area contributed by atoms with Gasteiger partial charge >= 0.3 is 0 Å². The maximum absolute atomic E-state index is 12.8. The van der Waals surface area contributed by atoms with E-state index in [1.54, 1.807) is 6.08 Å². The SMILES string of the molecule is Nc1ncnc2c1c(-c1ccc(Oc3ccccc3)cc1)nn2[C@@H]1CCN(C(=O)/C=C/CNC2CCCC2)C1. The standard InChI is InChI=1S/C30H33N7O2/c31-29-27-28(21-12-14-25(15-13-21)39-24-9-2-1-3-10-24)35-37(30(27)34-20-33-29)23-16-18-36(19-23)26(38)11-6-17-32-22-7-4-5-8-22/h1-3,6,9-15,20,22-23,32H,4-5,7-8,16-19H2,(H2,31,33,34)/b11-6+/t23-/m1/s1. The van der Waals surface area contributed by atoms with E-state index in [9.17, 15) is 4.79 Å². The van der Waals surface area contributed by atoms with Gasteiger partial charge in [-0.2, -0.15) is 5.10 Å². The summed E-state index contributed by atoms with van der Waals surface area (Å²) in [5.41, 5.74) is 8.61. The van der Waals surface area contributed by atoms with E-state index in [2.05, 4.69) is 15.3 Å². The highest BCUT2D eigenvalue weighted by molar-refractivity contribution is 5.98. The molecule has 2 aromatic carbocycles. The Kier molecular flexibility index (Phi) is 7.23. The maximum atomic E-state index is 12.8. The molecule has 0 radical (unpaired) electrons. The van der Waals surface area contributed by atoms with Crippen molar-refractivity contribution in [2.24, 2.45) is 0 Å². The zero-order valence-electron chi connectivity index (χ0n) is 21.9. The van der Waals surface area contributed by atoms with Crippen LogP contribution < -0.4 is 15.8 Å². The third kappa shape index (κ3) is 5.49. The van der Waals surface area contributed by atoms with Crippen LogP contribution in [-0.4, -0.2) is 56.2 Å². The number of aromatic nitrogens is 4. The number of carbonyl (C=O) groups is 1. The molecule has 0 bridgehead atoms. The van der Waals surface area contributed by atoms with Crippen LogP contribution in [0.2, 0.25) is 0 Å². The lowest BCUT2D eigenvalue weighted by Crippen LogP contribution is -2.29. The van der Waals surface area contributed by atoms with Gasteiger partial charge in [-0.1, -0.05) is 37.1 Å². The van der Waals surface area contributed by atoms with E-state index in [1.165, 1.54) is 32.0 Å². The summed E-state index contributed by atoms with van der Waals surface area (Å²) in [6.07, 6.45) is 10.9. The molecule has 200 valence electrons. The van der Waals surface area contributed by atoms with Crippen molar-refractivity contribution in [2.75, 3.05) is 25.4 Å². The molecule has 3 N–H and O–H groups in total. The molecule has 1 aliphatic heterocycles. The molecule has 2 aromatic heterocycles. The molecule has 9 nitrogen and oxygen atoms in total. The third-order valence-electron chi connectivity index (χ3n) is 7.59. The lowest BCUT2D eigenvalue weighted by atomic mass is 10.1. The van der Waals surface area contributed by atoms with E-state index in [1.807, 2.05) is 70.3 Å². The Morgan fingerprint density at radius 3 is 2.59 bits per heavy atom. The quantitative estimate of drug-likeness (QED) is 0.321. The number of para-hydroxylation sites is 1.